The van der Waals surface area contributed by atoms with Crippen molar-refractivity contribution in [2.75, 3.05) is 13.2 Å². The summed E-state index contributed by atoms with van der Waals surface area (Å²) in [7, 11) is 0. The molecular formula is C15H11Cl2NO4. The van der Waals surface area contributed by atoms with E-state index in [2.05, 4.69) is 4.98 Å². The van der Waals surface area contributed by atoms with Gasteiger partial charge in [-0.05, 0) is 36.4 Å². The number of carbonyl (C=O) groups is 2. The molecule has 1 aromatic heterocycles. The Balaban J connectivity index is 1.77. The summed E-state index contributed by atoms with van der Waals surface area (Å²) < 4.78 is 9.93. The highest BCUT2D eigenvalue weighted by molar-refractivity contribution is 6.32. The number of esters is 2. The Morgan fingerprint density at radius 1 is 0.955 bits per heavy atom. The van der Waals surface area contributed by atoms with Gasteiger partial charge in [0.05, 0.1) is 11.1 Å². The van der Waals surface area contributed by atoms with Crippen molar-refractivity contribution in [3.63, 3.8) is 0 Å². The minimum Gasteiger partial charge on any atom is -0.458 e. The number of halogens is 2. The number of ether oxygens (including phenoxy) is 2. The molecule has 0 aliphatic rings. The van der Waals surface area contributed by atoms with Crippen molar-refractivity contribution in [2.45, 2.75) is 0 Å². The zero-order valence-electron chi connectivity index (χ0n) is 11.3. The van der Waals surface area contributed by atoms with Crippen molar-refractivity contribution in [3.05, 3.63) is 63.9 Å². The molecule has 2 aromatic rings. The highest BCUT2D eigenvalue weighted by atomic mass is 35.5. The molecular weight excluding hydrogens is 329 g/mol. The van der Waals surface area contributed by atoms with E-state index >= 15 is 0 Å². The molecule has 0 aliphatic carbocycles. The molecule has 0 saturated heterocycles. The van der Waals surface area contributed by atoms with E-state index < -0.39 is 11.9 Å². The number of benzene rings is 1. The standard InChI is InChI=1S/C15H11Cl2NO4/c16-11-5-3-10(4-6-11)14(19)21-8-9-22-15(20)12-2-1-7-18-13(12)17/h1-7H,8-9H2. The monoisotopic (exact) mass is 339 g/mol. The largest absolute Gasteiger partial charge is 0.458 e. The first-order chi connectivity index (χ1) is 10.6. The molecule has 1 heterocycles. The van der Waals surface area contributed by atoms with Gasteiger partial charge in [0.1, 0.15) is 18.4 Å². The number of carbonyl (C=O) groups excluding carboxylic acids is 2. The third-order valence-corrected chi connectivity index (χ3v) is 3.16. The second-order valence-electron chi connectivity index (χ2n) is 4.12. The molecule has 0 fully saturated rings. The lowest BCUT2D eigenvalue weighted by atomic mass is 10.2. The fourth-order valence-corrected chi connectivity index (χ4v) is 1.88. The predicted octanol–water partition coefficient (Wildman–Crippen LogP) is 3.40. The van der Waals surface area contributed by atoms with Crippen molar-refractivity contribution in [1.29, 1.82) is 0 Å². The van der Waals surface area contributed by atoms with Crippen LogP contribution in [0.5, 0.6) is 0 Å². The third-order valence-electron chi connectivity index (χ3n) is 2.61. The van der Waals surface area contributed by atoms with Crippen LogP contribution in [-0.2, 0) is 9.47 Å². The summed E-state index contributed by atoms with van der Waals surface area (Å²) in [6, 6.07) is 9.34. The number of hydrogen-bond donors (Lipinski definition) is 0. The Morgan fingerprint density at radius 2 is 1.59 bits per heavy atom. The fraction of sp³-hybridized carbons (Fsp3) is 0.133. The van der Waals surface area contributed by atoms with Gasteiger partial charge in [0.2, 0.25) is 0 Å². The zero-order chi connectivity index (χ0) is 15.9. The molecule has 0 spiro atoms. The summed E-state index contributed by atoms with van der Waals surface area (Å²) in [5.41, 5.74) is 0.527. The molecule has 114 valence electrons. The van der Waals surface area contributed by atoms with Crippen LogP contribution in [0.4, 0.5) is 0 Å². The van der Waals surface area contributed by atoms with Crippen LogP contribution in [0.3, 0.4) is 0 Å². The van der Waals surface area contributed by atoms with Crippen molar-refractivity contribution < 1.29 is 19.1 Å². The van der Waals surface area contributed by atoms with Crippen LogP contribution in [0.2, 0.25) is 10.2 Å². The molecule has 1 aromatic carbocycles. The molecule has 0 N–H and O–H groups in total. The minimum absolute atomic E-state index is 0.0608. The number of nitrogens with zero attached hydrogens (tertiary/aromatic N) is 1. The maximum absolute atomic E-state index is 11.7. The van der Waals surface area contributed by atoms with Gasteiger partial charge in [-0.25, -0.2) is 14.6 Å². The van der Waals surface area contributed by atoms with E-state index in [0.29, 0.717) is 10.6 Å². The Bertz CT molecular complexity index is 673. The Labute approximate surface area is 136 Å². The van der Waals surface area contributed by atoms with E-state index in [-0.39, 0.29) is 23.9 Å². The number of rotatable bonds is 5. The van der Waals surface area contributed by atoms with Crippen LogP contribution in [0.1, 0.15) is 20.7 Å². The van der Waals surface area contributed by atoms with E-state index in [9.17, 15) is 9.59 Å². The van der Waals surface area contributed by atoms with Crippen molar-refractivity contribution in [3.8, 4) is 0 Å². The van der Waals surface area contributed by atoms with Gasteiger partial charge in [-0.15, -0.1) is 0 Å². The van der Waals surface area contributed by atoms with Crippen LogP contribution < -0.4 is 0 Å². The Morgan fingerprint density at radius 3 is 2.23 bits per heavy atom. The van der Waals surface area contributed by atoms with Gasteiger partial charge in [0.25, 0.3) is 0 Å². The SMILES string of the molecule is O=C(OCCOC(=O)c1cccnc1Cl)c1ccc(Cl)cc1. The fourth-order valence-electron chi connectivity index (χ4n) is 1.55. The molecule has 22 heavy (non-hydrogen) atoms. The number of pyridine rings is 1. The normalized spacial score (nSPS) is 10.1. The topological polar surface area (TPSA) is 65.5 Å². The summed E-state index contributed by atoms with van der Waals surface area (Å²) in [4.78, 5) is 27.2. The highest BCUT2D eigenvalue weighted by Crippen LogP contribution is 2.13. The highest BCUT2D eigenvalue weighted by Gasteiger charge is 2.12. The van der Waals surface area contributed by atoms with Gasteiger partial charge in [-0.2, -0.15) is 0 Å². The maximum atomic E-state index is 11.7. The van der Waals surface area contributed by atoms with Gasteiger partial charge in [-0.3, -0.25) is 0 Å². The van der Waals surface area contributed by atoms with Gasteiger partial charge in [-0.1, -0.05) is 23.2 Å². The van der Waals surface area contributed by atoms with Crippen LogP contribution in [0, 0.1) is 0 Å². The van der Waals surface area contributed by atoms with Gasteiger partial charge < -0.3 is 9.47 Å². The van der Waals surface area contributed by atoms with Gasteiger partial charge in [0.15, 0.2) is 0 Å². The lowest BCUT2D eigenvalue weighted by Gasteiger charge is -2.07. The van der Waals surface area contributed by atoms with E-state index in [1.807, 2.05) is 0 Å². The minimum atomic E-state index is -0.624. The third kappa shape index (κ3) is 4.44. The van der Waals surface area contributed by atoms with Crippen LogP contribution >= 0.6 is 23.2 Å². The van der Waals surface area contributed by atoms with Crippen molar-refractivity contribution >= 4 is 35.1 Å². The average molecular weight is 340 g/mol. The lowest BCUT2D eigenvalue weighted by molar-refractivity contribution is 0.0265. The van der Waals surface area contributed by atoms with Crippen molar-refractivity contribution in [1.82, 2.24) is 4.98 Å². The molecule has 5 nitrogen and oxygen atoms in total. The first-order valence-electron chi connectivity index (χ1n) is 6.28. The van der Waals surface area contributed by atoms with Crippen LogP contribution in [-0.4, -0.2) is 30.1 Å². The smallest absolute Gasteiger partial charge is 0.341 e. The molecule has 2 rings (SSSR count). The van der Waals surface area contributed by atoms with Crippen LogP contribution in [0.25, 0.3) is 0 Å². The Kier molecular flexibility index (Phi) is 5.75. The van der Waals surface area contributed by atoms with Crippen molar-refractivity contribution in [2.24, 2.45) is 0 Å². The summed E-state index contributed by atoms with van der Waals surface area (Å²) in [6.45, 7) is -0.144. The first kappa shape index (κ1) is 16.3. The first-order valence-corrected chi connectivity index (χ1v) is 7.04. The molecule has 0 atom stereocenters. The van der Waals surface area contributed by atoms with E-state index in [0.717, 1.165) is 0 Å². The van der Waals surface area contributed by atoms with Gasteiger partial charge >= 0.3 is 11.9 Å². The number of hydrogen-bond acceptors (Lipinski definition) is 5. The summed E-state index contributed by atoms with van der Waals surface area (Å²) in [6.07, 6.45) is 1.47. The molecule has 0 unspecified atom stereocenters. The van der Waals surface area contributed by atoms with Gasteiger partial charge in [0, 0.05) is 11.2 Å². The van der Waals surface area contributed by atoms with E-state index in [1.54, 1.807) is 30.3 Å². The average Bonchev–Trinajstić information content (AvgIpc) is 2.52. The molecule has 0 radical (unpaired) electrons. The predicted molar refractivity (Wildman–Crippen MR) is 81.3 cm³/mol. The quantitative estimate of drug-likeness (QED) is 0.474. The number of aromatic nitrogens is 1. The summed E-state index contributed by atoms with van der Waals surface area (Å²) in [5.74, 6) is -1.15. The molecule has 0 amide bonds. The second kappa shape index (κ2) is 7.77. The molecule has 0 bridgehead atoms. The van der Waals surface area contributed by atoms with E-state index in [1.165, 1.54) is 12.3 Å². The Hall–Kier alpha value is -2.11. The maximum Gasteiger partial charge on any atom is 0.341 e. The molecule has 0 aliphatic heterocycles. The lowest BCUT2D eigenvalue weighted by Crippen LogP contribution is -2.14. The van der Waals surface area contributed by atoms with E-state index in [4.69, 9.17) is 32.7 Å². The van der Waals surface area contributed by atoms with Crippen LogP contribution in [0.15, 0.2) is 42.6 Å². The summed E-state index contributed by atoms with van der Waals surface area (Å²) in [5, 5.41) is 0.587. The zero-order valence-corrected chi connectivity index (χ0v) is 12.8. The molecule has 7 heteroatoms. The summed E-state index contributed by atoms with van der Waals surface area (Å²) >= 11 is 11.5. The molecule has 0 saturated carbocycles. The second-order valence-corrected chi connectivity index (χ2v) is 4.91.